The molecule has 1 aromatic rings. The van der Waals surface area contributed by atoms with E-state index in [2.05, 4.69) is 24.0 Å². The zero-order valence-electron chi connectivity index (χ0n) is 13.0. The zero-order chi connectivity index (χ0) is 14.5. The summed E-state index contributed by atoms with van der Waals surface area (Å²) in [7, 11) is 0. The van der Waals surface area contributed by atoms with E-state index in [1.807, 2.05) is 26.0 Å². The van der Waals surface area contributed by atoms with Crippen LogP contribution in [0.3, 0.4) is 0 Å². The molecule has 1 saturated carbocycles. The minimum absolute atomic E-state index is 0.0850. The summed E-state index contributed by atoms with van der Waals surface area (Å²) in [5, 5.41) is 0. The minimum atomic E-state index is 0.0850. The third kappa shape index (κ3) is 4.80. The SMILES string of the molecule is CCN(CC1CC1)CC(N)c1ccc(OC(C)C)cc1. The van der Waals surface area contributed by atoms with Gasteiger partial charge in [-0.2, -0.15) is 0 Å². The predicted octanol–water partition coefficient (Wildman–Crippen LogP) is 3.21. The van der Waals surface area contributed by atoms with Crippen molar-refractivity contribution in [2.75, 3.05) is 19.6 Å². The predicted molar refractivity (Wildman–Crippen MR) is 84.0 cm³/mol. The summed E-state index contributed by atoms with van der Waals surface area (Å²) in [5.74, 6) is 1.84. The Morgan fingerprint density at radius 2 is 1.90 bits per heavy atom. The maximum Gasteiger partial charge on any atom is 0.119 e. The molecule has 112 valence electrons. The van der Waals surface area contributed by atoms with Crippen molar-refractivity contribution in [2.45, 2.75) is 45.8 Å². The standard InChI is InChI=1S/C17H28N2O/c1-4-19(11-14-5-6-14)12-17(18)15-7-9-16(10-8-15)20-13(2)3/h7-10,13-14,17H,4-6,11-12,18H2,1-3H3. The first-order valence-electron chi connectivity index (χ1n) is 7.83. The van der Waals surface area contributed by atoms with Gasteiger partial charge in [0.2, 0.25) is 0 Å². The number of rotatable bonds is 8. The summed E-state index contributed by atoms with van der Waals surface area (Å²) < 4.78 is 5.66. The quantitative estimate of drug-likeness (QED) is 0.792. The third-order valence-corrected chi connectivity index (χ3v) is 3.80. The van der Waals surface area contributed by atoms with Crippen molar-refractivity contribution in [1.82, 2.24) is 4.90 Å². The van der Waals surface area contributed by atoms with E-state index in [0.29, 0.717) is 0 Å². The van der Waals surface area contributed by atoms with Gasteiger partial charge in [-0.3, -0.25) is 0 Å². The van der Waals surface area contributed by atoms with Crippen molar-refractivity contribution in [3.8, 4) is 5.75 Å². The van der Waals surface area contributed by atoms with Gasteiger partial charge in [0, 0.05) is 19.1 Å². The van der Waals surface area contributed by atoms with Crippen LogP contribution in [0.1, 0.15) is 45.2 Å². The molecule has 0 amide bonds. The molecular formula is C17H28N2O. The van der Waals surface area contributed by atoms with Crippen molar-refractivity contribution in [1.29, 1.82) is 0 Å². The molecule has 0 aromatic heterocycles. The summed E-state index contributed by atoms with van der Waals surface area (Å²) in [6.45, 7) is 9.52. The van der Waals surface area contributed by atoms with Gasteiger partial charge in [-0.05, 0) is 56.8 Å². The fourth-order valence-corrected chi connectivity index (χ4v) is 2.45. The van der Waals surface area contributed by atoms with Crippen molar-refractivity contribution in [3.63, 3.8) is 0 Å². The zero-order valence-corrected chi connectivity index (χ0v) is 13.0. The molecule has 0 bridgehead atoms. The number of nitrogens with zero attached hydrogens (tertiary/aromatic N) is 1. The topological polar surface area (TPSA) is 38.5 Å². The van der Waals surface area contributed by atoms with E-state index in [1.54, 1.807) is 0 Å². The Balaban J connectivity index is 1.88. The van der Waals surface area contributed by atoms with Crippen molar-refractivity contribution in [3.05, 3.63) is 29.8 Å². The molecule has 2 rings (SSSR count). The van der Waals surface area contributed by atoms with Crippen LogP contribution in [0.5, 0.6) is 5.75 Å². The van der Waals surface area contributed by atoms with Crippen molar-refractivity contribution >= 4 is 0 Å². The fraction of sp³-hybridized carbons (Fsp3) is 0.647. The first-order valence-corrected chi connectivity index (χ1v) is 7.83. The van der Waals surface area contributed by atoms with Crippen LogP contribution in [-0.2, 0) is 0 Å². The average molecular weight is 276 g/mol. The maximum absolute atomic E-state index is 6.34. The highest BCUT2D eigenvalue weighted by Gasteiger charge is 2.24. The van der Waals surface area contributed by atoms with Crippen LogP contribution in [0.15, 0.2) is 24.3 Å². The van der Waals surface area contributed by atoms with Crippen LogP contribution in [0.2, 0.25) is 0 Å². The highest BCUT2D eigenvalue weighted by atomic mass is 16.5. The molecule has 20 heavy (non-hydrogen) atoms. The van der Waals surface area contributed by atoms with E-state index in [4.69, 9.17) is 10.5 Å². The van der Waals surface area contributed by atoms with Gasteiger partial charge in [0.05, 0.1) is 6.10 Å². The Morgan fingerprint density at radius 1 is 1.25 bits per heavy atom. The molecule has 1 aliphatic rings. The van der Waals surface area contributed by atoms with Crippen molar-refractivity contribution < 1.29 is 4.74 Å². The van der Waals surface area contributed by atoms with Gasteiger partial charge in [0.25, 0.3) is 0 Å². The van der Waals surface area contributed by atoms with Crippen LogP contribution in [0, 0.1) is 5.92 Å². The first kappa shape index (κ1) is 15.3. The van der Waals surface area contributed by atoms with Gasteiger partial charge < -0.3 is 15.4 Å². The lowest BCUT2D eigenvalue weighted by Gasteiger charge is -2.24. The van der Waals surface area contributed by atoms with Crippen LogP contribution >= 0.6 is 0 Å². The smallest absolute Gasteiger partial charge is 0.119 e. The van der Waals surface area contributed by atoms with E-state index >= 15 is 0 Å². The Kier molecular flexibility index (Phi) is 5.44. The number of hydrogen-bond acceptors (Lipinski definition) is 3. The molecule has 0 spiro atoms. The number of nitrogens with two attached hydrogens (primary N) is 1. The molecule has 0 heterocycles. The maximum atomic E-state index is 6.34. The number of hydrogen-bond donors (Lipinski definition) is 1. The van der Waals surface area contributed by atoms with E-state index < -0.39 is 0 Å². The molecule has 3 nitrogen and oxygen atoms in total. The molecule has 1 unspecified atom stereocenters. The van der Waals surface area contributed by atoms with Crippen LogP contribution < -0.4 is 10.5 Å². The molecule has 0 saturated heterocycles. The van der Waals surface area contributed by atoms with E-state index in [-0.39, 0.29) is 12.1 Å². The number of benzene rings is 1. The molecule has 2 N–H and O–H groups in total. The van der Waals surface area contributed by atoms with Gasteiger partial charge in [-0.1, -0.05) is 19.1 Å². The average Bonchev–Trinajstić information content (AvgIpc) is 3.22. The molecule has 1 atom stereocenters. The molecular weight excluding hydrogens is 248 g/mol. The molecule has 0 aliphatic heterocycles. The normalized spacial score (nSPS) is 16.7. The van der Waals surface area contributed by atoms with Gasteiger partial charge in [0.15, 0.2) is 0 Å². The Labute approximate surface area is 123 Å². The lowest BCUT2D eigenvalue weighted by Crippen LogP contribution is -2.33. The van der Waals surface area contributed by atoms with Crippen LogP contribution in [-0.4, -0.2) is 30.6 Å². The summed E-state index contributed by atoms with van der Waals surface area (Å²) >= 11 is 0. The van der Waals surface area contributed by atoms with E-state index in [1.165, 1.54) is 24.9 Å². The fourth-order valence-electron chi connectivity index (χ4n) is 2.45. The summed E-state index contributed by atoms with van der Waals surface area (Å²) in [4.78, 5) is 2.47. The van der Waals surface area contributed by atoms with Gasteiger partial charge in [-0.25, -0.2) is 0 Å². The highest BCUT2D eigenvalue weighted by Crippen LogP contribution is 2.30. The molecule has 1 fully saturated rings. The van der Waals surface area contributed by atoms with Gasteiger partial charge >= 0.3 is 0 Å². The monoisotopic (exact) mass is 276 g/mol. The van der Waals surface area contributed by atoms with Crippen molar-refractivity contribution in [2.24, 2.45) is 11.7 Å². The molecule has 3 heteroatoms. The number of likely N-dealkylation sites (N-methyl/N-ethyl adjacent to an activating group) is 1. The van der Waals surface area contributed by atoms with Crippen LogP contribution in [0.4, 0.5) is 0 Å². The lowest BCUT2D eigenvalue weighted by atomic mass is 10.1. The summed E-state index contributed by atoms with van der Waals surface area (Å²) in [5.41, 5.74) is 7.53. The second-order valence-electron chi connectivity index (χ2n) is 6.14. The minimum Gasteiger partial charge on any atom is -0.491 e. The van der Waals surface area contributed by atoms with E-state index in [0.717, 1.165) is 24.8 Å². The lowest BCUT2D eigenvalue weighted by molar-refractivity contribution is 0.242. The first-order chi connectivity index (χ1) is 9.58. The Bertz CT molecular complexity index is 398. The third-order valence-electron chi connectivity index (χ3n) is 3.80. The molecule has 0 radical (unpaired) electrons. The van der Waals surface area contributed by atoms with E-state index in [9.17, 15) is 0 Å². The highest BCUT2D eigenvalue weighted by molar-refractivity contribution is 5.29. The van der Waals surface area contributed by atoms with Crippen LogP contribution in [0.25, 0.3) is 0 Å². The Morgan fingerprint density at radius 3 is 2.40 bits per heavy atom. The van der Waals surface area contributed by atoms with Gasteiger partial charge in [0.1, 0.15) is 5.75 Å². The molecule has 1 aromatic carbocycles. The summed E-state index contributed by atoms with van der Waals surface area (Å²) in [6, 6.07) is 8.31. The second-order valence-corrected chi connectivity index (χ2v) is 6.14. The molecule has 1 aliphatic carbocycles. The Hall–Kier alpha value is -1.06. The number of ether oxygens (including phenoxy) is 1. The second kappa shape index (κ2) is 7.09. The summed E-state index contributed by atoms with van der Waals surface area (Å²) in [6.07, 6.45) is 3.00. The largest absolute Gasteiger partial charge is 0.491 e. The van der Waals surface area contributed by atoms with Gasteiger partial charge in [-0.15, -0.1) is 0 Å².